The van der Waals surface area contributed by atoms with Crippen LogP contribution >= 0.6 is 0 Å². The van der Waals surface area contributed by atoms with E-state index in [0.29, 0.717) is 62.4 Å². The highest BCUT2D eigenvalue weighted by molar-refractivity contribution is 5.98. The first-order valence-electron chi connectivity index (χ1n) is 13.5. The van der Waals surface area contributed by atoms with Crippen molar-refractivity contribution in [2.45, 2.75) is 25.8 Å². The van der Waals surface area contributed by atoms with Crippen LogP contribution in [-0.4, -0.2) is 98.7 Å². The molecule has 13 heteroatoms. The maximum atomic E-state index is 15.7. The van der Waals surface area contributed by atoms with Gasteiger partial charge in [0.05, 0.1) is 36.2 Å². The molecule has 216 valence electrons. The lowest BCUT2D eigenvalue weighted by molar-refractivity contribution is -0.133. The number of halogens is 3. The molecule has 0 bridgehead atoms. The fourth-order valence-corrected chi connectivity index (χ4v) is 5.38. The summed E-state index contributed by atoms with van der Waals surface area (Å²) in [6.07, 6.45) is -1.71. The number of likely N-dealkylation sites (N-methyl/N-ethyl adjacent to an activating group) is 1. The molecule has 3 aliphatic rings. The van der Waals surface area contributed by atoms with Crippen LogP contribution in [0, 0.1) is 17.7 Å². The number of piperidine rings is 1. The van der Waals surface area contributed by atoms with E-state index in [1.54, 1.807) is 12.3 Å². The van der Waals surface area contributed by atoms with Gasteiger partial charge in [-0.05, 0) is 32.2 Å². The van der Waals surface area contributed by atoms with Gasteiger partial charge in [0.25, 0.3) is 0 Å². The van der Waals surface area contributed by atoms with Crippen LogP contribution < -0.4 is 20.4 Å². The van der Waals surface area contributed by atoms with Crippen LogP contribution in [0.25, 0.3) is 11.3 Å². The minimum absolute atomic E-state index is 0.153. The van der Waals surface area contributed by atoms with Crippen LogP contribution in [0.5, 0.6) is 0 Å². The lowest BCUT2D eigenvalue weighted by Gasteiger charge is -2.40. The topological polar surface area (TPSA) is 103 Å². The Morgan fingerprint density at radius 2 is 1.95 bits per heavy atom. The van der Waals surface area contributed by atoms with Crippen molar-refractivity contribution in [2.75, 3.05) is 74.6 Å². The molecule has 1 aromatic carbocycles. The number of hydrogen-bond donors (Lipinski definition) is 2. The second-order valence-electron chi connectivity index (χ2n) is 10.6. The Hall–Kier alpha value is -3.45. The van der Waals surface area contributed by atoms with Crippen molar-refractivity contribution >= 4 is 29.1 Å². The van der Waals surface area contributed by atoms with E-state index in [4.69, 9.17) is 4.74 Å². The molecule has 3 saturated heterocycles. The highest BCUT2D eigenvalue weighted by Gasteiger charge is 2.40. The minimum atomic E-state index is -2.83. The molecular formula is C27H34F3N7O3. The van der Waals surface area contributed by atoms with Crippen LogP contribution in [0.4, 0.5) is 30.5 Å². The molecular weight excluding hydrogens is 527 g/mol. The molecule has 3 aliphatic heterocycles. The fourth-order valence-electron chi connectivity index (χ4n) is 5.38. The van der Waals surface area contributed by atoms with Crippen LogP contribution in [0.3, 0.4) is 0 Å². The summed E-state index contributed by atoms with van der Waals surface area (Å²) in [5, 5.41) is 5.32. The number of aromatic nitrogens is 2. The Labute approximate surface area is 230 Å². The Bertz CT molecular complexity index is 1240. The second-order valence-corrected chi connectivity index (χ2v) is 10.6. The SMILES string of the molecule is C[C@H]1CN(c2cc(F)c(-c3ccnc(N4CCOCC4)n3)cc2NC(=O)C2CNC(=O)CC2C(F)F)CCN1C. The molecule has 0 spiro atoms. The van der Waals surface area contributed by atoms with Gasteiger partial charge < -0.3 is 30.1 Å². The molecule has 5 rings (SSSR count). The normalized spacial score (nSPS) is 24.2. The Balaban J connectivity index is 1.50. The zero-order valence-electron chi connectivity index (χ0n) is 22.6. The quantitative estimate of drug-likeness (QED) is 0.554. The van der Waals surface area contributed by atoms with E-state index in [9.17, 15) is 18.4 Å². The third-order valence-corrected chi connectivity index (χ3v) is 7.97. The van der Waals surface area contributed by atoms with Gasteiger partial charge >= 0.3 is 0 Å². The van der Waals surface area contributed by atoms with E-state index in [2.05, 4.69) is 32.4 Å². The zero-order chi connectivity index (χ0) is 28.4. The molecule has 40 heavy (non-hydrogen) atoms. The van der Waals surface area contributed by atoms with E-state index in [1.807, 2.05) is 16.8 Å². The number of hydrogen-bond acceptors (Lipinski definition) is 8. The van der Waals surface area contributed by atoms with Crippen molar-refractivity contribution < 1.29 is 27.5 Å². The van der Waals surface area contributed by atoms with E-state index in [-0.39, 0.29) is 18.2 Å². The molecule has 4 heterocycles. The standard InChI is InChI=1S/C27H34F3N7O3/c1-16-15-37(6-5-35(16)2)23-13-20(28)18(21-3-4-31-27(34-21)36-7-9-40-10-8-36)11-22(23)33-26(39)19-14-32-24(38)12-17(19)25(29)30/h3-4,11,13,16-17,19,25H,5-10,12,14-15H2,1-2H3,(H,32,38)(H,33,39)/t16-,17?,19?/m0/s1. The van der Waals surface area contributed by atoms with Crippen molar-refractivity contribution in [3.8, 4) is 11.3 Å². The molecule has 0 radical (unpaired) electrons. The van der Waals surface area contributed by atoms with Gasteiger partial charge in [-0.15, -0.1) is 0 Å². The number of carbonyl (C=O) groups excluding carboxylic acids is 2. The summed E-state index contributed by atoms with van der Waals surface area (Å²) in [6, 6.07) is 4.65. The maximum Gasteiger partial charge on any atom is 0.242 e. The molecule has 2 aromatic rings. The van der Waals surface area contributed by atoms with Gasteiger partial charge in [-0.3, -0.25) is 9.59 Å². The molecule has 2 N–H and O–H groups in total. The van der Waals surface area contributed by atoms with Gasteiger partial charge in [0, 0.05) is 69.4 Å². The first-order valence-corrected chi connectivity index (χ1v) is 13.5. The lowest BCUT2D eigenvalue weighted by Crippen LogP contribution is -2.50. The predicted molar refractivity (Wildman–Crippen MR) is 144 cm³/mol. The van der Waals surface area contributed by atoms with E-state index in [1.165, 1.54) is 12.1 Å². The summed E-state index contributed by atoms with van der Waals surface area (Å²) >= 11 is 0. The number of anilines is 3. The highest BCUT2D eigenvalue weighted by atomic mass is 19.3. The third-order valence-electron chi connectivity index (χ3n) is 7.97. The smallest absolute Gasteiger partial charge is 0.242 e. The number of alkyl halides is 2. The van der Waals surface area contributed by atoms with Crippen molar-refractivity contribution in [3.05, 3.63) is 30.2 Å². The maximum absolute atomic E-state index is 15.7. The summed E-state index contributed by atoms with van der Waals surface area (Å²) in [6.45, 7) is 6.07. The van der Waals surface area contributed by atoms with E-state index < -0.39 is 42.3 Å². The number of ether oxygens (including phenoxy) is 1. The molecule has 3 atom stereocenters. The summed E-state index contributed by atoms with van der Waals surface area (Å²) < 4.78 is 48.7. The van der Waals surface area contributed by atoms with Gasteiger partial charge in [0.15, 0.2) is 0 Å². The number of carbonyl (C=O) groups is 2. The number of rotatable bonds is 6. The number of piperazine rings is 1. The van der Waals surface area contributed by atoms with Gasteiger partial charge in [-0.1, -0.05) is 0 Å². The van der Waals surface area contributed by atoms with Gasteiger partial charge in [-0.25, -0.2) is 23.1 Å². The summed E-state index contributed by atoms with van der Waals surface area (Å²) in [5.74, 6) is -3.77. The van der Waals surface area contributed by atoms with E-state index >= 15 is 4.39 Å². The van der Waals surface area contributed by atoms with E-state index in [0.717, 1.165) is 6.54 Å². The first kappa shape index (κ1) is 28.1. The number of nitrogens with zero attached hydrogens (tertiary/aromatic N) is 5. The fraction of sp³-hybridized carbons (Fsp3) is 0.556. The Morgan fingerprint density at radius 3 is 2.67 bits per heavy atom. The molecule has 2 amide bonds. The van der Waals surface area contributed by atoms with Gasteiger partial charge in [0.2, 0.25) is 24.2 Å². The van der Waals surface area contributed by atoms with Crippen molar-refractivity contribution in [3.63, 3.8) is 0 Å². The second kappa shape index (κ2) is 12.0. The Kier molecular flexibility index (Phi) is 8.40. The summed E-state index contributed by atoms with van der Waals surface area (Å²) in [4.78, 5) is 40.2. The summed E-state index contributed by atoms with van der Waals surface area (Å²) in [7, 11) is 2.01. The molecule has 10 nitrogen and oxygen atoms in total. The van der Waals surface area contributed by atoms with Crippen LogP contribution in [0.1, 0.15) is 13.3 Å². The third kappa shape index (κ3) is 5.99. The van der Waals surface area contributed by atoms with Crippen molar-refractivity contribution in [2.24, 2.45) is 11.8 Å². The molecule has 0 aliphatic carbocycles. The Morgan fingerprint density at radius 1 is 1.18 bits per heavy atom. The summed E-state index contributed by atoms with van der Waals surface area (Å²) in [5.41, 5.74) is 1.25. The number of benzene rings is 1. The van der Waals surface area contributed by atoms with Gasteiger partial charge in [-0.2, -0.15) is 0 Å². The van der Waals surface area contributed by atoms with Crippen molar-refractivity contribution in [1.29, 1.82) is 0 Å². The minimum Gasteiger partial charge on any atom is -0.378 e. The largest absolute Gasteiger partial charge is 0.378 e. The van der Waals surface area contributed by atoms with Crippen molar-refractivity contribution in [1.82, 2.24) is 20.2 Å². The molecule has 1 aromatic heterocycles. The van der Waals surface area contributed by atoms with Crippen LogP contribution in [0.2, 0.25) is 0 Å². The average Bonchev–Trinajstić information content (AvgIpc) is 2.95. The van der Waals surface area contributed by atoms with Crippen LogP contribution in [-0.2, 0) is 14.3 Å². The monoisotopic (exact) mass is 561 g/mol. The molecule has 3 fully saturated rings. The lowest BCUT2D eigenvalue weighted by atomic mass is 9.85. The zero-order valence-corrected chi connectivity index (χ0v) is 22.6. The highest BCUT2D eigenvalue weighted by Crippen LogP contribution is 2.36. The average molecular weight is 562 g/mol. The van der Waals surface area contributed by atoms with Gasteiger partial charge in [0.1, 0.15) is 5.82 Å². The number of amides is 2. The van der Waals surface area contributed by atoms with Crippen LogP contribution in [0.15, 0.2) is 24.4 Å². The number of nitrogens with one attached hydrogen (secondary N) is 2. The molecule has 2 unspecified atom stereocenters. The first-order chi connectivity index (χ1) is 19.2. The molecule has 0 saturated carbocycles. The number of morpholine rings is 1. The predicted octanol–water partition coefficient (Wildman–Crippen LogP) is 2.22.